The molecule has 12 rings (SSSR count). The molecule has 2 aromatic heterocycles. The SMILES string of the molecule is c1ccc(-c2cc(-c3ccccc3)c(-c3ccccc3)c(-c3ccc(-c4nc(-c5ccccc5)cc(-c5ccc6oc7c8ccccc8c8ccccc8c7c6c5)n4)cc3)c2)cc1. The van der Waals surface area contributed by atoms with Crippen molar-refractivity contribution in [3.63, 3.8) is 0 Å². The fourth-order valence-electron chi connectivity index (χ4n) is 9.27. The van der Waals surface area contributed by atoms with Gasteiger partial charge in [-0.1, -0.05) is 194 Å². The highest BCUT2D eigenvalue weighted by molar-refractivity contribution is 6.30. The van der Waals surface area contributed by atoms with Crippen molar-refractivity contribution in [2.45, 2.75) is 0 Å². The van der Waals surface area contributed by atoms with Crippen molar-refractivity contribution in [1.82, 2.24) is 9.97 Å². The first-order valence-electron chi connectivity index (χ1n) is 21.4. The topological polar surface area (TPSA) is 38.9 Å². The number of hydrogen-bond donors (Lipinski definition) is 0. The van der Waals surface area contributed by atoms with Gasteiger partial charge in [-0.15, -0.1) is 0 Å². The molecule has 2 heterocycles. The van der Waals surface area contributed by atoms with E-state index in [1.165, 1.54) is 49.5 Å². The van der Waals surface area contributed by atoms with E-state index in [-0.39, 0.29) is 0 Å². The summed E-state index contributed by atoms with van der Waals surface area (Å²) in [5.74, 6) is 0.665. The maximum absolute atomic E-state index is 6.67. The second kappa shape index (κ2) is 15.3. The quantitative estimate of drug-likeness (QED) is 0.151. The van der Waals surface area contributed by atoms with Crippen LogP contribution in [0.2, 0.25) is 0 Å². The zero-order chi connectivity index (χ0) is 41.7. The van der Waals surface area contributed by atoms with Crippen LogP contribution in [0.15, 0.2) is 235 Å². The van der Waals surface area contributed by atoms with Crippen LogP contribution >= 0.6 is 0 Å². The molecule has 3 nitrogen and oxygen atoms in total. The Morgan fingerprint density at radius 3 is 1.38 bits per heavy atom. The zero-order valence-electron chi connectivity index (χ0n) is 34.2. The molecule has 63 heavy (non-hydrogen) atoms. The lowest BCUT2D eigenvalue weighted by atomic mass is 9.84. The highest BCUT2D eigenvalue weighted by atomic mass is 16.3. The lowest BCUT2D eigenvalue weighted by Gasteiger charge is -2.19. The number of aromatic nitrogens is 2. The van der Waals surface area contributed by atoms with Crippen LogP contribution in [0.1, 0.15) is 0 Å². The van der Waals surface area contributed by atoms with E-state index in [9.17, 15) is 0 Å². The molecule has 0 atom stereocenters. The largest absolute Gasteiger partial charge is 0.455 e. The molecule has 12 aromatic rings. The predicted molar refractivity (Wildman–Crippen MR) is 262 cm³/mol. The van der Waals surface area contributed by atoms with Gasteiger partial charge in [0.1, 0.15) is 11.2 Å². The number of hydrogen-bond acceptors (Lipinski definition) is 3. The van der Waals surface area contributed by atoms with Crippen molar-refractivity contribution in [2.75, 3.05) is 0 Å². The second-order valence-corrected chi connectivity index (χ2v) is 16.1. The first-order chi connectivity index (χ1) is 31.2. The summed E-state index contributed by atoms with van der Waals surface area (Å²) in [5, 5.41) is 6.88. The van der Waals surface area contributed by atoms with Gasteiger partial charge in [-0.05, 0) is 97.1 Å². The molecule has 0 aliphatic heterocycles. The third-order valence-electron chi connectivity index (χ3n) is 12.3. The summed E-state index contributed by atoms with van der Waals surface area (Å²) >= 11 is 0. The van der Waals surface area contributed by atoms with E-state index < -0.39 is 0 Å². The van der Waals surface area contributed by atoms with Crippen molar-refractivity contribution in [3.8, 4) is 78.4 Å². The molecule has 0 unspecified atom stereocenters. The number of rotatable bonds is 7. The molecular formula is C60H38N2O. The van der Waals surface area contributed by atoms with Crippen molar-refractivity contribution >= 4 is 43.5 Å². The van der Waals surface area contributed by atoms with Crippen LogP contribution in [0.25, 0.3) is 122 Å². The minimum absolute atomic E-state index is 0.665. The Bertz CT molecular complexity index is 3640. The molecule has 0 aliphatic carbocycles. The van der Waals surface area contributed by atoms with Crippen molar-refractivity contribution in [1.29, 1.82) is 0 Å². The number of benzene rings is 10. The third-order valence-corrected chi connectivity index (χ3v) is 12.3. The maximum atomic E-state index is 6.67. The van der Waals surface area contributed by atoms with Crippen LogP contribution in [-0.4, -0.2) is 9.97 Å². The van der Waals surface area contributed by atoms with Crippen LogP contribution in [0.5, 0.6) is 0 Å². The standard InChI is InChI=1S/C60H38N2O/c1-5-17-39(18-6-1)46-36-51(40-19-7-2-8-20-40)57(43-23-11-4-12-24-43)52(37-46)41-29-31-44(32-30-41)60-61-54(42-21-9-3-10-22-42)38-55(62-60)45-33-34-56-53(35-45)58-49-27-15-13-25-47(49)48-26-14-16-28-50(48)59(58)63-56/h1-38H. The summed E-state index contributed by atoms with van der Waals surface area (Å²) in [6.45, 7) is 0. The molecule has 0 aliphatic rings. The Morgan fingerprint density at radius 2 is 0.746 bits per heavy atom. The Hall–Kier alpha value is -8.40. The molecule has 294 valence electrons. The van der Waals surface area contributed by atoms with Gasteiger partial charge in [0, 0.05) is 32.8 Å². The van der Waals surface area contributed by atoms with Crippen LogP contribution < -0.4 is 0 Å². The summed E-state index contributed by atoms with van der Waals surface area (Å²) in [7, 11) is 0. The van der Waals surface area contributed by atoms with Gasteiger partial charge in [-0.2, -0.15) is 0 Å². The first kappa shape index (κ1) is 36.5. The van der Waals surface area contributed by atoms with Crippen molar-refractivity contribution < 1.29 is 4.42 Å². The van der Waals surface area contributed by atoms with E-state index in [1.54, 1.807) is 0 Å². The fourth-order valence-corrected chi connectivity index (χ4v) is 9.27. The van der Waals surface area contributed by atoms with Gasteiger partial charge in [0.15, 0.2) is 5.82 Å². The van der Waals surface area contributed by atoms with Gasteiger partial charge in [-0.25, -0.2) is 9.97 Å². The molecule has 3 heteroatoms. The number of fused-ring (bicyclic) bond motifs is 8. The van der Waals surface area contributed by atoms with E-state index in [0.717, 1.165) is 66.5 Å². The average molecular weight is 803 g/mol. The Morgan fingerprint density at radius 1 is 0.286 bits per heavy atom. The highest BCUT2D eigenvalue weighted by Gasteiger charge is 2.20. The minimum Gasteiger partial charge on any atom is -0.455 e. The third kappa shape index (κ3) is 6.46. The van der Waals surface area contributed by atoms with Gasteiger partial charge in [0.05, 0.1) is 11.4 Å². The molecule has 0 spiro atoms. The molecule has 0 fully saturated rings. The summed E-state index contributed by atoms with van der Waals surface area (Å²) in [4.78, 5) is 10.5. The van der Waals surface area contributed by atoms with Crippen LogP contribution in [0.3, 0.4) is 0 Å². The molecule has 0 saturated heterocycles. The molecule has 0 bridgehead atoms. The first-order valence-corrected chi connectivity index (χ1v) is 21.4. The van der Waals surface area contributed by atoms with Gasteiger partial charge in [0.25, 0.3) is 0 Å². The second-order valence-electron chi connectivity index (χ2n) is 16.1. The average Bonchev–Trinajstić information content (AvgIpc) is 3.77. The Balaban J connectivity index is 1.02. The van der Waals surface area contributed by atoms with Crippen LogP contribution in [0.4, 0.5) is 0 Å². The minimum atomic E-state index is 0.665. The lowest BCUT2D eigenvalue weighted by molar-refractivity contribution is 0.673. The lowest BCUT2D eigenvalue weighted by Crippen LogP contribution is -1.96. The van der Waals surface area contributed by atoms with Gasteiger partial charge in [0.2, 0.25) is 0 Å². The molecule has 0 radical (unpaired) electrons. The Kier molecular flexibility index (Phi) is 8.83. The Labute approximate surface area is 365 Å². The molecular weight excluding hydrogens is 765 g/mol. The predicted octanol–water partition coefficient (Wildman–Crippen LogP) is 16.4. The van der Waals surface area contributed by atoms with Crippen LogP contribution in [-0.2, 0) is 0 Å². The molecule has 0 N–H and O–H groups in total. The van der Waals surface area contributed by atoms with Crippen molar-refractivity contribution in [3.05, 3.63) is 231 Å². The van der Waals surface area contributed by atoms with Crippen LogP contribution in [0, 0.1) is 0 Å². The molecule has 10 aromatic carbocycles. The summed E-state index contributed by atoms with van der Waals surface area (Å²) in [6.07, 6.45) is 0. The van der Waals surface area contributed by atoms with Gasteiger partial charge < -0.3 is 4.42 Å². The normalized spacial score (nSPS) is 11.5. The van der Waals surface area contributed by atoms with E-state index in [1.807, 2.05) is 6.07 Å². The van der Waals surface area contributed by atoms with Gasteiger partial charge >= 0.3 is 0 Å². The monoisotopic (exact) mass is 802 g/mol. The van der Waals surface area contributed by atoms with E-state index in [4.69, 9.17) is 14.4 Å². The fraction of sp³-hybridized carbons (Fsp3) is 0. The van der Waals surface area contributed by atoms with E-state index >= 15 is 0 Å². The summed E-state index contributed by atoms with van der Waals surface area (Å²) in [6, 6.07) is 81.6. The van der Waals surface area contributed by atoms with E-state index in [2.05, 4.69) is 224 Å². The maximum Gasteiger partial charge on any atom is 0.160 e. The molecule has 0 amide bonds. The van der Waals surface area contributed by atoms with Gasteiger partial charge in [-0.3, -0.25) is 0 Å². The number of furan rings is 1. The highest BCUT2D eigenvalue weighted by Crippen LogP contribution is 2.45. The van der Waals surface area contributed by atoms with E-state index in [0.29, 0.717) is 5.82 Å². The summed E-state index contributed by atoms with van der Waals surface area (Å²) < 4.78 is 6.67. The smallest absolute Gasteiger partial charge is 0.160 e. The number of nitrogens with zero attached hydrogens (tertiary/aromatic N) is 2. The summed E-state index contributed by atoms with van der Waals surface area (Å²) in [5.41, 5.74) is 15.8. The zero-order valence-corrected chi connectivity index (χ0v) is 34.2. The molecule has 0 saturated carbocycles. The van der Waals surface area contributed by atoms with Crippen molar-refractivity contribution in [2.24, 2.45) is 0 Å².